The van der Waals surface area contributed by atoms with Gasteiger partial charge in [0.1, 0.15) is 0 Å². The molecule has 0 spiro atoms. The van der Waals surface area contributed by atoms with Gasteiger partial charge in [-0.2, -0.15) is 26.3 Å². The Balaban J connectivity index is 0.00000200. The van der Waals surface area contributed by atoms with E-state index in [0.717, 1.165) is 18.6 Å². The summed E-state index contributed by atoms with van der Waals surface area (Å²) in [6.07, 6.45) is -8.29. The zero-order valence-electron chi connectivity index (χ0n) is 10.7. The number of rotatable bonds is 1. The van der Waals surface area contributed by atoms with Crippen LogP contribution in [-0.4, -0.2) is 36.1 Å². The van der Waals surface area contributed by atoms with Gasteiger partial charge in [0, 0.05) is 35.6 Å². The van der Waals surface area contributed by atoms with E-state index in [1.807, 2.05) is 0 Å². The van der Waals surface area contributed by atoms with Crippen molar-refractivity contribution in [3.63, 3.8) is 0 Å². The molecule has 20 heavy (non-hydrogen) atoms. The van der Waals surface area contributed by atoms with Gasteiger partial charge in [0.05, 0.1) is 11.1 Å². The minimum atomic E-state index is -4.78. The Kier molecular flexibility index (Phi) is 5.57. The standard InChI is InChI=1S/C12H11F6N.Na/c13-11(14,15)8-4-7(10-2-1-3-19-10)5-9(6-8)12(16,17)18;/h4-6,10,19H,1-3H2;. The van der Waals surface area contributed by atoms with Crippen LogP contribution in [-0.2, 0) is 12.4 Å². The fourth-order valence-electron chi connectivity index (χ4n) is 2.15. The maximum absolute atomic E-state index is 12.6. The number of hydrogen-bond acceptors (Lipinski definition) is 1. The average Bonchev–Trinajstić information content (AvgIpc) is 2.79. The Morgan fingerprint density at radius 2 is 1.40 bits per heavy atom. The third-order valence-electron chi connectivity index (χ3n) is 3.07. The Morgan fingerprint density at radius 3 is 1.75 bits per heavy atom. The van der Waals surface area contributed by atoms with Crippen molar-refractivity contribution in [2.24, 2.45) is 0 Å². The van der Waals surface area contributed by atoms with Gasteiger partial charge in [-0.05, 0) is 43.1 Å². The van der Waals surface area contributed by atoms with E-state index in [1.165, 1.54) is 0 Å². The number of alkyl halides is 6. The van der Waals surface area contributed by atoms with Crippen LogP contribution in [0.4, 0.5) is 26.3 Å². The van der Waals surface area contributed by atoms with Crippen LogP contribution in [0.2, 0.25) is 0 Å². The molecule has 1 heterocycles. The van der Waals surface area contributed by atoms with Gasteiger partial charge < -0.3 is 5.32 Å². The van der Waals surface area contributed by atoms with E-state index in [9.17, 15) is 26.3 Å². The molecule has 1 radical (unpaired) electrons. The van der Waals surface area contributed by atoms with Crippen molar-refractivity contribution in [1.82, 2.24) is 5.32 Å². The molecule has 1 aliphatic rings. The monoisotopic (exact) mass is 306 g/mol. The smallest absolute Gasteiger partial charge is 0.310 e. The largest absolute Gasteiger partial charge is 0.416 e. The van der Waals surface area contributed by atoms with Gasteiger partial charge in [0.25, 0.3) is 0 Å². The first-order chi connectivity index (χ1) is 8.68. The topological polar surface area (TPSA) is 12.0 Å². The minimum absolute atomic E-state index is 0. The molecule has 0 aromatic heterocycles. The first-order valence-electron chi connectivity index (χ1n) is 5.71. The second kappa shape index (κ2) is 6.25. The third-order valence-corrected chi connectivity index (χ3v) is 3.07. The van der Waals surface area contributed by atoms with E-state index in [-0.39, 0.29) is 41.2 Å². The van der Waals surface area contributed by atoms with Gasteiger partial charge in [-0.3, -0.25) is 0 Å². The summed E-state index contributed by atoms with van der Waals surface area (Å²) >= 11 is 0. The van der Waals surface area contributed by atoms with E-state index >= 15 is 0 Å². The van der Waals surface area contributed by atoms with E-state index in [2.05, 4.69) is 5.32 Å². The molecule has 1 atom stereocenters. The third kappa shape index (κ3) is 4.13. The second-order valence-electron chi connectivity index (χ2n) is 4.49. The van der Waals surface area contributed by atoms with Crippen molar-refractivity contribution < 1.29 is 26.3 Å². The predicted octanol–water partition coefficient (Wildman–Crippen LogP) is 3.77. The zero-order chi connectivity index (χ0) is 14.3. The van der Waals surface area contributed by atoms with Crippen molar-refractivity contribution >= 4 is 29.6 Å². The van der Waals surface area contributed by atoms with Gasteiger partial charge in [-0.15, -0.1) is 0 Å². The predicted molar refractivity (Wildman–Crippen MR) is 62.2 cm³/mol. The molecule has 1 saturated heterocycles. The molecule has 107 valence electrons. The molecule has 1 aliphatic heterocycles. The first-order valence-corrected chi connectivity index (χ1v) is 5.71. The molecule has 0 saturated carbocycles. The van der Waals surface area contributed by atoms with Gasteiger partial charge in [-0.25, -0.2) is 0 Å². The average molecular weight is 306 g/mol. The van der Waals surface area contributed by atoms with Crippen LogP contribution in [0.1, 0.15) is 35.6 Å². The summed E-state index contributed by atoms with van der Waals surface area (Å²) in [5.74, 6) is 0. The molecule has 1 fully saturated rings. The van der Waals surface area contributed by atoms with E-state index < -0.39 is 29.5 Å². The Morgan fingerprint density at radius 1 is 0.900 bits per heavy atom. The van der Waals surface area contributed by atoms with Crippen LogP contribution in [0.3, 0.4) is 0 Å². The van der Waals surface area contributed by atoms with Crippen LogP contribution in [0.15, 0.2) is 18.2 Å². The molecule has 1 unspecified atom stereocenters. The fraction of sp³-hybridized carbons (Fsp3) is 0.500. The summed E-state index contributed by atoms with van der Waals surface area (Å²) in [6, 6.07) is 1.29. The van der Waals surface area contributed by atoms with E-state index in [1.54, 1.807) is 0 Å². The number of nitrogens with one attached hydrogen (secondary N) is 1. The summed E-state index contributed by atoms with van der Waals surface area (Å²) in [6.45, 7) is 0.599. The van der Waals surface area contributed by atoms with Crippen molar-refractivity contribution in [2.75, 3.05) is 6.54 Å². The van der Waals surface area contributed by atoms with Crippen LogP contribution < -0.4 is 5.32 Å². The van der Waals surface area contributed by atoms with Crippen molar-refractivity contribution in [2.45, 2.75) is 31.2 Å². The SMILES string of the molecule is FC(F)(F)c1cc(C2CCCN2)cc(C(F)(F)F)c1.[Na]. The first kappa shape index (κ1) is 17.8. The van der Waals surface area contributed by atoms with Crippen LogP contribution in [0.5, 0.6) is 0 Å². The number of benzene rings is 1. The molecule has 1 aromatic carbocycles. The minimum Gasteiger partial charge on any atom is -0.310 e. The summed E-state index contributed by atoms with van der Waals surface area (Å²) in [4.78, 5) is 0. The second-order valence-corrected chi connectivity index (χ2v) is 4.49. The molecule has 0 bridgehead atoms. The summed E-state index contributed by atoms with van der Waals surface area (Å²) in [5.41, 5.74) is -2.48. The van der Waals surface area contributed by atoms with Gasteiger partial charge in [0.2, 0.25) is 0 Å². The number of halogens is 6. The number of hydrogen-bond donors (Lipinski definition) is 1. The van der Waals surface area contributed by atoms with Gasteiger partial charge in [0.15, 0.2) is 0 Å². The molecular weight excluding hydrogens is 295 g/mol. The molecular formula is C12H11F6NNa. The summed E-state index contributed by atoms with van der Waals surface area (Å²) in [5, 5.41) is 2.90. The van der Waals surface area contributed by atoms with Crippen LogP contribution in [0.25, 0.3) is 0 Å². The quantitative estimate of drug-likeness (QED) is 0.615. The Hall–Kier alpha value is -0.240. The van der Waals surface area contributed by atoms with Crippen LogP contribution in [0, 0.1) is 0 Å². The Bertz CT molecular complexity index is 430. The van der Waals surface area contributed by atoms with Crippen molar-refractivity contribution in [1.29, 1.82) is 0 Å². The van der Waals surface area contributed by atoms with Crippen molar-refractivity contribution in [3.05, 3.63) is 34.9 Å². The fourth-order valence-corrected chi connectivity index (χ4v) is 2.15. The molecule has 0 aliphatic carbocycles. The van der Waals surface area contributed by atoms with Gasteiger partial charge in [-0.1, -0.05) is 0 Å². The maximum atomic E-state index is 12.6. The molecule has 0 amide bonds. The van der Waals surface area contributed by atoms with E-state index in [0.29, 0.717) is 13.0 Å². The molecule has 1 N–H and O–H groups in total. The van der Waals surface area contributed by atoms with Gasteiger partial charge >= 0.3 is 12.4 Å². The zero-order valence-corrected chi connectivity index (χ0v) is 12.7. The Labute approximate surface area is 134 Å². The van der Waals surface area contributed by atoms with Crippen molar-refractivity contribution in [3.8, 4) is 0 Å². The summed E-state index contributed by atoms with van der Waals surface area (Å²) < 4.78 is 75.8. The van der Waals surface area contributed by atoms with Crippen LogP contribution >= 0.6 is 0 Å². The molecule has 1 aromatic rings. The normalized spacial score (nSPS) is 19.8. The molecule has 1 nitrogen and oxygen atoms in total. The summed E-state index contributed by atoms with van der Waals surface area (Å²) in [7, 11) is 0. The molecule has 2 rings (SSSR count). The van der Waals surface area contributed by atoms with E-state index in [4.69, 9.17) is 0 Å². The molecule has 8 heteroatoms. The maximum Gasteiger partial charge on any atom is 0.416 e.